The van der Waals surface area contributed by atoms with E-state index in [4.69, 9.17) is 5.73 Å². The molecular weight excluding hydrogens is 208 g/mol. The molecule has 0 aromatic heterocycles. The average Bonchev–Trinajstić information content (AvgIpc) is 3.04. The van der Waals surface area contributed by atoms with E-state index in [-0.39, 0.29) is 5.54 Å². The Balaban J connectivity index is 1.88. The molecule has 17 heavy (non-hydrogen) atoms. The molecule has 2 heteroatoms. The lowest BCUT2D eigenvalue weighted by Gasteiger charge is -2.30. The topological polar surface area (TPSA) is 29.3 Å². The van der Waals surface area contributed by atoms with Gasteiger partial charge in [0.2, 0.25) is 0 Å². The van der Waals surface area contributed by atoms with Crippen LogP contribution in [0.15, 0.2) is 24.3 Å². The van der Waals surface area contributed by atoms with Gasteiger partial charge in [0.05, 0.1) is 0 Å². The first-order valence-corrected chi connectivity index (χ1v) is 6.50. The lowest BCUT2D eigenvalue weighted by Crippen LogP contribution is -2.48. The van der Waals surface area contributed by atoms with Crippen molar-refractivity contribution in [1.29, 1.82) is 0 Å². The summed E-state index contributed by atoms with van der Waals surface area (Å²) in [5.41, 5.74) is 9.03. The Kier molecular flexibility index (Phi) is 3.55. The monoisotopic (exact) mass is 232 g/mol. The van der Waals surface area contributed by atoms with Crippen LogP contribution in [0.25, 0.3) is 0 Å². The fourth-order valence-corrected chi connectivity index (χ4v) is 2.51. The van der Waals surface area contributed by atoms with Crippen molar-refractivity contribution in [3.05, 3.63) is 35.4 Å². The number of rotatable bonds is 5. The minimum Gasteiger partial charge on any atom is -0.324 e. The Morgan fingerprint density at radius 1 is 1.29 bits per heavy atom. The molecule has 0 amide bonds. The first-order chi connectivity index (χ1) is 7.97. The van der Waals surface area contributed by atoms with Crippen LogP contribution in [0, 0.1) is 12.8 Å². The highest BCUT2D eigenvalue weighted by atomic mass is 15.1. The summed E-state index contributed by atoms with van der Waals surface area (Å²) in [6.07, 6.45) is 2.62. The molecular formula is C15H24N2. The van der Waals surface area contributed by atoms with Crippen LogP contribution >= 0.6 is 0 Å². The normalized spacial score (nSPS) is 19.4. The summed E-state index contributed by atoms with van der Waals surface area (Å²) in [5.74, 6) is 0.739. The van der Waals surface area contributed by atoms with Crippen LogP contribution in [-0.2, 0) is 6.54 Å². The summed E-state index contributed by atoms with van der Waals surface area (Å²) in [5, 5.41) is 0. The predicted octanol–water partition coefficient (Wildman–Crippen LogP) is 2.55. The number of nitrogens with zero attached hydrogens (tertiary/aromatic N) is 1. The highest BCUT2D eigenvalue weighted by Crippen LogP contribution is 2.38. The Hall–Kier alpha value is -0.860. The summed E-state index contributed by atoms with van der Waals surface area (Å²) in [6.45, 7) is 6.28. The van der Waals surface area contributed by atoms with Crippen molar-refractivity contribution in [1.82, 2.24) is 4.90 Å². The number of hydrogen-bond donors (Lipinski definition) is 1. The van der Waals surface area contributed by atoms with E-state index in [1.165, 1.54) is 24.0 Å². The van der Waals surface area contributed by atoms with Crippen LogP contribution in [0.2, 0.25) is 0 Å². The van der Waals surface area contributed by atoms with Gasteiger partial charge in [-0.25, -0.2) is 0 Å². The Labute approximate surface area is 105 Å². The van der Waals surface area contributed by atoms with Crippen molar-refractivity contribution >= 4 is 0 Å². The molecule has 1 aromatic carbocycles. The molecule has 1 aliphatic carbocycles. The van der Waals surface area contributed by atoms with E-state index in [0.29, 0.717) is 0 Å². The van der Waals surface area contributed by atoms with Gasteiger partial charge < -0.3 is 10.6 Å². The van der Waals surface area contributed by atoms with E-state index >= 15 is 0 Å². The standard InChI is InChI=1S/C15H24N2/c1-12-4-6-13(7-5-12)10-17(3)11-15(2,16)14-8-9-14/h4-7,14H,8-11,16H2,1-3H3. The summed E-state index contributed by atoms with van der Waals surface area (Å²) in [4.78, 5) is 2.34. The van der Waals surface area contributed by atoms with E-state index in [2.05, 4.69) is 50.1 Å². The smallest absolute Gasteiger partial charge is 0.0283 e. The van der Waals surface area contributed by atoms with Crippen molar-refractivity contribution in [3.8, 4) is 0 Å². The Bertz CT molecular complexity index is 363. The van der Waals surface area contributed by atoms with Gasteiger partial charge >= 0.3 is 0 Å². The molecule has 1 atom stereocenters. The lowest BCUT2D eigenvalue weighted by atomic mass is 9.96. The maximum absolute atomic E-state index is 6.36. The lowest BCUT2D eigenvalue weighted by molar-refractivity contribution is 0.232. The number of hydrogen-bond acceptors (Lipinski definition) is 2. The summed E-state index contributed by atoms with van der Waals surface area (Å²) in [7, 11) is 2.16. The molecule has 0 saturated heterocycles. The zero-order chi connectivity index (χ0) is 12.5. The molecule has 1 saturated carbocycles. The van der Waals surface area contributed by atoms with Gasteiger partial charge in [-0.1, -0.05) is 29.8 Å². The van der Waals surface area contributed by atoms with E-state index in [1.807, 2.05) is 0 Å². The second-order valence-electron chi connectivity index (χ2n) is 5.94. The largest absolute Gasteiger partial charge is 0.324 e. The number of benzene rings is 1. The quantitative estimate of drug-likeness (QED) is 0.845. The molecule has 0 radical (unpaired) electrons. The van der Waals surface area contributed by atoms with Crippen LogP contribution in [-0.4, -0.2) is 24.0 Å². The van der Waals surface area contributed by atoms with Crippen LogP contribution in [0.1, 0.15) is 30.9 Å². The van der Waals surface area contributed by atoms with Gasteiger partial charge in [-0.15, -0.1) is 0 Å². The molecule has 1 aliphatic rings. The van der Waals surface area contributed by atoms with Gasteiger partial charge in [0.25, 0.3) is 0 Å². The SMILES string of the molecule is Cc1ccc(CN(C)CC(C)(N)C2CC2)cc1. The van der Waals surface area contributed by atoms with Gasteiger partial charge in [0.15, 0.2) is 0 Å². The number of likely N-dealkylation sites (N-methyl/N-ethyl adjacent to an activating group) is 1. The predicted molar refractivity (Wildman–Crippen MR) is 72.8 cm³/mol. The molecule has 1 fully saturated rings. The zero-order valence-electron chi connectivity index (χ0n) is 11.2. The van der Waals surface area contributed by atoms with Crippen LogP contribution in [0.3, 0.4) is 0 Å². The van der Waals surface area contributed by atoms with E-state index in [0.717, 1.165) is 19.0 Å². The van der Waals surface area contributed by atoms with Gasteiger partial charge in [-0.05, 0) is 45.2 Å². The van der Waals surface area contributed by atoms with Crippen molar-refractivity contribution in [3.63, 3.8) is 0 Å². The van der Waals surface area contributed by atoms with Gasteiger partial charge in [-0.2, -0.15) is 0 Å². The molecule has 2 N–H and O–H groups in total. The molecule has 1 aromatic rings. The minimum absolute atomic E-state index is 0.0144. The molecule has 0 aliphatic heterocycles. The molecule has 94 valence electrons. The van der Waals surface area contributed by atoms with Crippen LogP contribution in [0.5, 0.6) is 0 Å². The van der Waals surface area contributed by atoms with Gasteiger partial charge in [0.1, 0.15) is 0 Å². The second-order valence-corrected chi connectivity index (χ2v) is 5.94. The van der Waals surface area contributed by atoms with Crippen molar-refractivity contribution in [2.45, 2.75) is 38.8 Å². The summed E-state index contributed by atoms with van der Waals surface area (Å²) < 4.78 is 0. The van der Waals surface area contributed by atoms with Crippen LogP contribution < -0.4 is 5.73 Å². The number of aryl methyl sites for hydroxylation is 1. The highest BCUT2D eigenvalue weighted by Gasteiger charge is 2.38. The van der Waals surface area contributed by atoms with Gasteiger partial charge in [-0.3, -0.25) is 0 Å². The van der Waals surface area contributed by atoms with Gasteiger partial charge in [0, 0.05) is 18.6 Å². The third-order valence-corrected chi connectivity index (χ3v) is 3.69. The van der Waals surface area contributed by atoms with E-state index < -0.39 is 0 Å². The fourth-order valence-electron chi connectivity index (χ4n) is 2.51. The number of nitrogens with two attached hydrogens (primary N) is 1. The summed E-state index contributed by atoms with van der Waals surface area (Å²) >= 11 is 0. The second kappa shape index (κ2) is 4.79. The Morgan fingerprint density at radius 2 is 1.88 bits per heavy atom. The molecule has 0 heterocycles. The first-order valence-electron chi connectivity index (χ1n) is 6.50. The molecule has 0 spiro atoms. The Morgan fingerprint density at radius 3 is 2.41 bits per heavy atom. The molecule has 2 rings (SSSR count). The molecule has 1 unspecified atom stereocenters. The zero-order valence-corrected chi connectivity index (χ0v) is 11.2. The highest BCUT2D eigenvalue weighted by molar-refractivity contribution is 5.21. The first kappa shape index (κ1) is 12.6. The molecule has 2 nitrogen and oxygen atoms in total. The van der Waals surface area contributed by atoms with E-state index in [1.54, 1.807) is 0 Å². The molecule has 0 bridgehead atoms. The minimum atomic E-state index is -0.0144. The third-order valence-electron chi connectivity index (χ3n) is 3.69. The van der Waals surface area contributed by atoms with Crippen molar-refractivity contribution in [2.24, 2.45) is 11.7 Å². The van der Waals surface area contributed by atoms with E-state index in [9.17, 15) is 0 Å². The average molecular weight is 232 g/mol. The van der Waals surface area contributed by atoms with Crippen molar-refractivity contribution in [2.75, 3.05) is 13.6 Å². The van der Waals surface area contributed by atoms with Crippen LogP contribution in [0.4, 0.5) is 0 Å². The fraction of sp³-hybridized carbons (Fsp3) is 0.600. The summed E-state index contributed by atoms with van der Waals surface area (Å²) in [6, 6.07) is 8.76. The maximum atomic E-state index is 6.36. The van der Waals surface area contributed by atoms with Crippen molar-refractivity contribution < 1.29 is 0 Å². The maximum Gasteiger partial charge on any atom is 0.0283 e. The third kappa shape index (κ3) is 3.55.